The smallest absolute Gasteiger partial charge is 0.235 e. The molecule has 1 aliphatic carbocycles. The summed E-state index contributed by atoms with van der Waals surface area (Å²) in [7, 11) is 1.86. The van der Waals surface area contributed by atoms with Crippen LogP contribution >= 0.6 is 23.1 Å². The van der Waals surface area contributed by atoms with Crippen LogP contribution in [0.3, 0.4) is 0 Å². The van der Waals surface area contributed by atoms with Gasteiger partial charge in [0, 0.05) is 11.9 Å². The fraction of sp³-hybridized carbons (Fsp3) is 0.391. The molecular weight excluding hydrogens is 442 g/mol. The Hall–Kier alpha value is -2.83. The highest BCUT2D eigenvalue weighted by Gasteiger charge is 2.24. The molecule has 0 bridgehead atoms. The number of carbonyl (C=O) groups excluding carboxylic acids is 1. The van der Waals surface area contributed by atoms with Gasteiger partial charge in [0.2, 0.25) is 5.91 Å². The van der Waals surface area contributed by atoms with Crippen molar-refractivity contribution in [3.05, 3.63) is 51.7 Å². The molecule has 0 saturated carbocycles. The summed E-state index contributed by atoms with van der Waals surface area (Å²) in [6.45, 7) is 4.54. The summed E-state index contributed by atoms with van der Waals surface area (Å²) in [5.41, 5.74) is 2.87. The van der Waals surface area contributed by atoms with E-state index in [2.05, 4.69) is 28.5 Å². The Morgan fingerprint density at radius 2 is 2.28 bits per heavy atom. The van der Waals surface area contributed by atoms with Crippen LogP contribution in [0.4, 0.5) is 5.00 Å². The molecule has 0 radical (unpaired) electrons. The number of ether oxygens (including phenoxy) is 1. The average molecular weight is 468 g/mol. The van der Waals surface area contributed by atoms with Gasteiger partial charge in [-0.1, -0.05) is 30.8 Å². The fourth-order valence-corrected chi connectivity index (χ4v) is 5.81. The van der Waals surface area contributed by atoms with Crippen LogP contribution in [0.15, 0.2) is 29.4 Å². The molecule has 32 heavy (non-hydrogen) atoms. The molecule has 2 heterocycles. The molecule has 0 fully saturated rings. The number of thioether (sulfide) groups is 1. The first-order valence-corrected chi connectivity index (χ1v) is 12.3. The SMILES string of the molecule is Cc1cccc(OCc2nnc(SCC(=O)Nc3sc4c(c3C#N)CCC(C)C4)n2C)c1. The van der Waals surface area contributed by atoms with Crippen molar-refractivity contribution in [3.63, 3.8) is 0 Å². The van der Waals surface area contributed by atoms with E-state index >= 15 is 0 Å². The molecule has 1 N–H and O–H groups in total. The van der Waals surface area contributed by atoms with Gasteiger partial charge in [0.15, 0.2) is 11.0 Å². The van der Waals surface area contributed by atoms with E-state index in [9.17, 15) is 10.1 Å². The van der Waals surface area contributed by atoms with Gasteiger partial charge in [-0.2, -0.15) is 5.26 Å². The first-order chi connectivity index (χ1) is 15.4. The van der Waals surface area contributed by atoms with Gasteiger partial charge in [0.25, 0.3) is 0 Å². The van der Waals surface area contributed by atoms with E-state index in [-0.39, 0.29) is 11.7 Å². The number of benzene rings is 1. The summed E-state index contributed by atoms with van der Waals surface area (Å²) in [6.07, 6.45) is 2.97. The topological polar surface area (TPSA) is 92.8 Å². The first kappa shape index (κ1) is 22.4. The summed E-state index contributed by atoms with van der Waals surface area (Å²) < 4.78 is 7.64. The van der Waals surface area contributed by atoms with Crippen LogP contribution in [0.1, 0.15) is 40.7 Å². The maximum absolute atomic E-state index is 12.6. The number of nitriles is 1. The third-order valence-corrected chi connectivity index (χ3v) is 7.68. The number of fused-ring (bicyclic) bond motifs is 1. The molecule has 0 spiro atoms. The highest BCUT2D eigenvalue weighted by Crippen LogP contribution is 2.39. The number of carbonyl (C=O) groups is 1. The normalized spacial score (nSPS) is 15.1. The predicted molar refractivity (Wildman–Crippen MR) is 126 cm³/mol. The molecule has 166 valence electrons. The van der Waals surface area contributed by atoms with Gasteiger partial charge in [-0.15, -0.1) is 21.5 Å². The minimum atomic E-state index is -0.154. The number of aromatic nitrogens is 3. The van der Waals surface area contributed by atoms with E-state index in [0.29, 0.717) is 34.1 Å². The quantitative estimate of drug-likeness (QED) is 0.515. The molecule has 1 unspecified atom stereocenters. The molecule has 1 amide bonds. The standard InChI is InChI=1S/C23H25N5O2S2/c1-14-5-4-6-16(9-14)30-12-20-26-27-23(28(20)3)31-13-21(29)25-22-18(11-24)17-8-7-15(2)10-19(17)32-22/h4-6,9,15H,7-8,10,12-13H2,1-3H3,(H,25,29). The lowest BCUT2D eigenvalue weighted by Crippen LogP contribution is -2.14. The molecule has 7 nitrogen and oxygen atoms in total. The van der Waals surface area contributed by atoms with Crippen molar-refractivity contribution in [1.29, 1.82) is 5.26 Å². The lowest BCUT2D eigenvalue weighted by Gasteiger charge is -2.17. The molecule has 9 heteroatoms. The Bertz CT molecular complexity index is 1180. The fourth-order valence-electron chi connectivity index (χ4n) is 3.70. The number of hydrogen-bond acceptors (Lipinski definition) is 7. The number of nitrogens with zero attached hydrogens (tertiary/aromatic N) is 4. The van der Waals surface area contributed by atoms with E-state index in [1.165, 1.54) is 28.0 Å². The number of aryl methyl sites for hydroxylation is 1. The lowest BCUT2D eigenvalue weighted by atomic mass is 9.89. The van der Waals surface area contributed by atoms with Crippen LogP contribution in [0.2, 0.25) is 0 Å². The molecule has 0 saturated heterocycles. The number of amides is 1. The molecule has 3 aromatic rings. The van der Waals surface area contributed by atoms with E-state index in [1.54, 1.807) is 0 Å². The van der Waals surface area contributed by atoms with Crippen molar-refractivity contribution < 1.29 is 9.53 Å². The van der Waals surface area contributed by atoms with Crippen LogP contribution in [-0.2, 0) is 31.3 Å². The maximum atomic E-state index is 12.6. The monoisotopic (exact) mass is 467 g/mol. The minimum Gasteiger partial charge on any atom is -0.486 e. The van der Waals surface area contributed by atoms with Crippen LogP contribution in [0, 0.1) is 24.2 Å². The van der Waals surface area contributed by atoms with E-state index in [1.807, 2.05) is 42.8 Å². The summed E-state index contributed by atoms with van der Waals surface area (Å²) >= 11 is 2.85. The molecule has 1 aliphatic rings. The third-order valence-electron chi connectivity index (χ3n) is 5.49. The number of thiophene rings is 1. The van der Waals surface area contributed by atoms with Crippen molar-refractivity contribution in [3.8, 4) is 11.8 Å². The predicted octanol–water partition coefficient (Wildman–Crippen LogP) is 4.49. The van der Waals surface area contributed by atoms with Crippen LogP contribution < -0.4 is 10.1 Å². The molecular formula is C23H25N5O2S2. The maximum Gasteiger partial charge on any atom is 0.235 e. The van der Waals surface area contributed by atoms with Crippen molar-refractivity contribution in [2.75, 3.05) is 11.1 Å². The highest BCUT2D eigenvalue weighted by molar-refractivity contribution is 7.99. The molecule has 1 aromatic carbocycles. The van der Waals surface area contributed by atoms with E-state index < -0.39 is 0 Å². The largest absolute Gasteiger partial charge is 0.486 e. The Morgan fingerprint density at radius 1 is 1.44 bits per heavy atom. The summed E-state index contributed by atoms with van der Waals surface area (Å²) in [5.74, 6) is 2.11. The van der Waals surface area contributed by atoms with Crippen molar-refractivity contribution in [2.45, 2.75) is 44.9 Å². The highest BCUT2D eigenvalue weighted by atomic mass is 32.2. The minimum absolute atomic E-state index is 0.154. The third kappa shape index (κ3) is 4.97. The number of rotatable bonds is 7. The zero-order chi connectivity index (χ0) is 22.7. The average Bonchev–Trinajstić information content (AvgIpc) is 3.29. The van der Waals surface area contributed by atoms with Crippen molar-refractivity contribution >= 4 is 34.0 Å². The second-order valence-electron chi connectivity index (χ2n) is 8.07. The zero-order valence-electron chi connectivity index (χ0n) is 18.3. The zero-order valence-corrected chi connectivity index (χ0v) is 20.0. The molecule has 2 aromatic heterocycles. The Morgan fingerprint density at radius 3 is 3.06 bits per heavy atom. The van der Waals surface area contributed by atoms with Crippen LogP contribution in [0.25, 0.3) is 0 Å². The van der Waals surface area contributed by atoms with Gasteiger partial charge >= 0.3 is 0 Å². The van der Waals surface area contributed by atoms with Crippen LogP contribution in [-0.4, -0.2) is 26.4 Å². The Balaban J connectivity index is 1.34. The Kier molecular flexibility index (Phi) is 6.82. The lowest BCUT2D eigenvalue weighted by molar-refractivity contribution is -0.113. The second-order valence-corrected chi connectivity index (χ2v) is 10.1. The van der Waals surface area contributed by atoms with Gasteiger partial charge in [0.05, 0.1) is 11.3 Å². The molecule has 1 atom stereocenters. The van der Waals surface area contributed by atoms with Gasteiger partial charge in [-0.25, -0.2) is 0 Å². The molecule has 4 rings (SSSR count). The van der Waals surface area contributed by atoms with Gasteiger partial charge in [0.1, 0.15) is 23.4 Å². The van der Waals surface area contributed by atoms with Gasteiger partial charge < -0.3 is 14.6 Å². The number of nitrogens with one attached hydrogen (secondary N) is 1. The molecule has 0 aliphatic heterocycles. The van der Waals surface area contributed by atoms with Gasteiger partial charge in [-0.3, -0.25) is 4.79 Å². The number of hydrogen-bond donors (Lipinski definition) is 1. The van der Waals surface area contributed by atoms with Crippen molar-refractivity contribution in [1.82, 2.24) is 14.8 Å². The summed E-state index contributed by atoms with van der Waals surface area (Å²) in [4.78, 5) is 13.8. The van der Waals surface area contributed by atoms with E-state index in [4.69, 9.17) is 4.74 Å². The van der Waals surface area contributed by atoms with Crippen LogP contribution in [0.5, 0.6) is 5.75 Å². The van der Waals surface area contributed by atoms with Gasteiger partial charge in [-0.05, 0) is 55.4 Å². The summed E-state index contributed by atoms with van der Waals surface area (Å²) in [6, 6.07) is 10.1. The number of anilines is 1. The first-order valence-electron chi connectivity index (χ1n) is 10.5. The Labute approximate surface area is 195 Å². The second kappa shape index (κ2) is 9.76. The van der Waals surface area contributed by atoms with Crippen molar-refractivity contribution in [2.24, 2.45) is 13.0 Å². The summed E-state index contributed by atoms with van der Waals surface area (Å²) in [5, 5.41) is 22.2. The van der Waals surface area contributed by atoms with E-state index in [0.717, 1.165) is 36.1 Å².